The Balaban J connectivity index is 1.59. The molecule has 25 heavy (non-hydrogen) atoms. The van der Waals surface area contributed by atoms with Gasteiger partial charge in [0.1, 0.15) is 0 Å². The molecule has 4 heteroatoms. The SMILES string of the molecule is CN(CCc1c[nH]c2ccc3c(=O)[nH]ccc3c12)Cc1ccccc1. The second-order valence-corrected chi connectivity index (χ2v) is 6.54. The number of nitrogens with one attached hydrogen (secondary N) is 2. The van der Waals surface area contributed by atoms with Gasteiger partial charge >= 0.3 is 0 Å². The van der Waals surface area contributed by atoms with Gasteiger partial charge in [0.15, 0.2) is 0 Å². The maximum atomic E-state index is 12.1. The zero-order valence-electron chi connectivity index (χ0n) is 14.3. The van der Waals surface area contributed by atoms with Crippen LogP contribution in [0.1, 0.15) is 11.1 Å². The van der Waals surface area contributed by atoms with Gasteiger partial charge in [-0.25, -0.2) is 0 Å². The lowest BCUT2D eigenvalue weighted by atomic mass is 10.0. The van der Waals surface area contributed by atoms with E-state index in [0.29, 0.717) is 0 Å². The molecule has 2 heterocycles. The first-order valence-electron chi connectivity index (χ1n) is 8.55. The summed E-state index contributed by atoms with van der Waals surface area (Å²) >= 11 is 0. The van der Waals surface area contributed by atoms with Crippen LogP contribution in [-0.2, 0) is 13.0 Å². The molecule has 0 aliphatic carbocycles. The van der Waals surface area contributed by atoms with E-state index in [2.05, 4.69) is 52.4 Å². The van der Waals surface area contributed by atoms with Gasteiger partial charge in [-0.15, -0.1) is 0 Å². The van der Waals surface area contributed by atoms with Crippen molar-refractivity contribution in [1.29, 1.82) is 0 Å². The normalized spacial score (nSPS) is 11.6. The molecule has 0 aliphatic rings. The quantitative estimate of drug-likeness (QED) is 0.586. The molecule has 0 bridgehead atoms. The first-order valence-corrected chi connectivity index (χ1v) is 8.55. The molecule has 0 atom stereocenters. The third-order valence-electron chi connectivity index (χ3n) is 4.74. The van der Waals surface area contributed by atoms with Crippen molar-refractivity contribution in [2.24, 2.45) is 0 Å². The molecule has 0 spiro atoms. The first kappa shape index (κ1) is 15.7. The zero-order valence-corrected chi connectivity index (χ0v) is 14.3. The van der Waals surface area contributed by atoms with Gasteiger partial charge in [-0.1, -0.05) is 30.3 Å². The van der Waals surface area contributed by atoms with E-state index in [0.717, 1.165) is 41.2 Å². The number of likely N-dealkylation sites (N-methyl/N-ethyl adjacent to an activating group) is 1. The average molecular weight is 331 g/mol. The van der Waals surface area contributed by atoms with Crippen molar-refractivity contribution in [1.82, 2.24) is 14.9 Å². The molecule has 0 saturated carbocycles. The summed E-state index contributed by atoms with van der Waals surface area (Å²) in [6.45, 7) is 1.89. The van der Waals surface area contributed by atoms with E-state index in [-0.39, 0.29) is 5.56 Å². The van der Waals surface area contributed by atoms with Crippen molar-refractivity contribution < 1.29 is 0 Å². The van der Waals surface area contributed by atoms with E-state index in [1.165, 1.54) is 11.1 Å². The molecule has 4 aromatic rings. The summed E-state index contributed by atoms with van der Waals surface area (Å²) in [6.07, 6.45) is 4.74. The number of aromatic nitrogens is 2. The van der Waals surface area contributed by atoms with Crippen LogP contribution in [0.3, 0.4) is 0 Å². The number of pyridine rings is 1. The highest BCUT2D eigenvalue weighted by Crippen LogP contribution is 2.26. The van der Waals surface area contributed by atoms with Crippen LogP contribution >= 0.6 is 0 Å². The van der Waals surface area contributed by atoms with Gasteiger partial charge in [0.05, 0.1) is 0 Å². The molecule has 0 radical (unpaired) electrons. The minimum Gasteiger partial charge on any atom is -0.361 e. The average Bonchev–Trinajstić information content (AvgIpc) is 3.05. The summed E-state index contributed by atoms with van der Waals surface area (Å²) in [5.74, 6) is 0. The highest BCUT2D eigenvalue weighted by Gasteiger charge is 2.10. The third kappa shape index (κ3) is 3.08. The lowest BCUT2D eigenvalue weighted by Gasteiger charge is -2.16. The van der Waals surface area contributed by atoms with E-state index in [1.54, 1.807) is 6.20 Å². The minimum absolute atomic E-state index is 0.0345. The fourth-order valence-corrected chi connectivity index (χ4v) is 3.45. The summed E-state index contributed by atoms with van der Waals surface area (Å²) in [7, 11) is 2.14. The van der Waals surface area contributed by atoms with E-state index in [1.807, 2.05) is 24.3 Å². The van der Waals surface area contributed by atoms with Crippen LogP contribution in [0.5, 0.6) is 0 Å². The number of hydrogen-bond donors (Lipinski definition) is 2. The smallest absolute Gasteiger partial charge is 0.255 e. The van der Waals surface area contributed by atoms with Crippen molar-refractivity contribution in [2.75, 3.05) is 13.6 Å². The molecule has 2 aromatic heterocycles. The second-order valence-electron chi connectivity index (χ2n) is 6.54. The maximum absolute atomic E-state index is 12.1. The maximum Gasteiger partial charge on any atom is 0.255 e. The van der Waals surface area contributed by atoms with Gasteiger partial charge < -0.3 is 14.9 Å². The fourth-order valence-electron chi connectivity index (χ4n) is 3.45. The highest BCUT2D eigenvalue weighted by molar-refractivity contribution is 6.07. The molecular weight excluding hydrogens is 310 g/mol. The molecule has 4 rings (SSSR count). The van der Waals surface area contributed by atoms with Crippen molar-refractivity contribution in [3.63, 3.8) is 0 Å². The summed E-state index contributed by atoms with van der Waals surface area (Å²) in [5, 5.41) is 2.92. The number of benzene rings is 2. The van der Waals surface area contributed by atoms with E-state index < -0.39 is 0 Å². The summed E-state index contributed by atoms with van der Waals surface area (Å²) in [5.41, 5.74) is 3.62. The molecule has 4 nitrogen and oxygen atoms in total. The fraction of sp³-hybridized carbons (Fsp3) is 0.190. The number of rotatable bonds is 5. The Hall–Kier alpha value is -2.85. The Morgan fingerprint density at radius 3 is 2.64 bits per heavy atom. The van der Waals surface area contributed by atoms with Crippen molar-refractivity contribution in [3.05, 3.63) is 82.4 Å². The van der Waals surface area contributed by atoms with Gasteiger partial charge in [0, 0.05) is 41.8 Å². The van der Waals surface area contributed by atoms with Gasteiger partial charge in [-0.3, -0.25) is 4.79 Å². The van der Waals surface area contributed by atoms with Crippen LogP contribution < -0.4 is 5.56 Å². The van der Waals surface area contributed by atoms with Gasteiger partial charge in [0.25, 0.3) is 5.56 Å². The molecule has 0 unspecified atom stereocenters. The lowest BCUT2D eigenvalue weighted by molar-refractivity contribution is 0.331. The number of hydrogen-bond acceptors (Lipinski definition) is 2. The predicted octanol–water partition coefficient (Wildman–Crippen LogP) is 3.68. The molecule has 0 aliphatic heterocycles. The Bertz CT molecular complexity index is 1060. The summed E-state index contributed by atoms with van der Waals surface area (Å²) in [6, 6.07) is 16.4. The Kier molecular flexibility index (Phi) is 4.12. The van der Waals surface area contributed by atoms with Gasteiger partial charge in [-0.2, -0.15) is 0 Å². The summed E-state index contributed by atoms with van der Waals surface area (Å²) < 4.78 is 0. The lowest BCUT2D eigenvalue weighted by Crippen LogP contribution is -2.20. The van der Waals surface area contributed by atoms with Crippen molar-refractivity contribution >= 4 is 21.7 Å². The van der Waals surface area contributed by atoms with Crippen LogP contribution in [0.2, 0.25) is 0 Å². The molecular formula is C21H21N3O. The van der Waals surface area contributed by atoms with Crippen LogP contribution in [0.4, 0.5) is 0 Å². The largest absolute Gasteiger partial charge is 0.361 e. The Labute approximate surface area is 146 Å². The van der Waals surface area contributed by atoms with E-state index in [4.69, 9.17) is 0 Å². The van der Waals surface area contributed by atoms with Crippen LogP contribution in [0.25, 0.3) is 21.7 Å². The Morgan fingerprint density at radius 1 is 0.960 bits per heavy atom. The molecule has 0 amide bonds. The van der Waals surface area contributed by atoms with Crippen molar-refractivity contribution in [2.45, 2.75) is 13.0 Å². The number of nitrogens with zero attached hydrogens (tertiary/aromatic N) is 1. The number of aromatic amines is 2. The first-order chi connectivity index (χ1) is 12.2. The van der Waals surface area contributed by atoms with E-state index >= 15 is 0 Å². The van der Waals surface area contributed by atoms with E-state index in [9.17, 15) is 4.79 Å². The zero-order chi connectivity index (χ0) is 17.2. The van der Waals surface area contributed by atoms with Gasteiger partial charge in [0.2, 0.25) is 0 Å². The molecule has 2 N–H and O–H groups in total. The molecule has 0 saturated heterocycles. The number of H-pyrrole nitrogens is 2. The predicted molar refractivity (Wildman–Crippen MR) is 103 cm³/mol. The minimum atomic E-state index is -0.0345. The molecule has 2 aromatic carbocycles. The van der Waals surface area contributed by atoms with Crippen LogP contribution in [0.15, 0.2) is 65.7 Å². The second kappa shape index (κ2) is 6.57. The van der Waals surface area contributed by atoms with Crippen molar-refractivity contribution in [3.8, 4) is 0 Å². The van der Waals surface area contributed by atoms with Crippen LogP contribution in [-0.4, -0.2) is 28.5 Å². The third-order valence-corrected chi connectivity index (χ3v) is 4.74. The molecule has 0 fully saturated rings. The monoisotopic (exact) mass is 331 g/mol. The Morgan fingerprint density at radius 2 is 1.80 bits per heavy atom. The van der Waals surface area contributed by atoms with Crippen LogP contribution in [0, 0.1) is 0 Å². The summed E-state index contributed by atoms with van der Waals surface area (Å²) in [4.78, 5) is 20.5. The van der Waals surface area contributed by atoms with Gasteiger partial charge in [-0.05, 0) is 48.2 Å². The topological polar surface area (TPSA) is 51.9 Å². The number of fused-ring (bicyclic) bond motifs is 3. The highest BCUT2D eigenvalue weighted by atomic mass is 16.1. The standard InChI is InChI=1S/C21H21N3O/c1-24(14-15-5-3-2-4-6-15)12-10-16-13-23-19-8-7-18-17(20(16)19)9-11-22-21(18)25/h2-9,11,13,23H,10,12,14H2,1H3,(H,22,25). The molecule has 126 valence electrons.